The van der Waals surface area contributed by atoms with E-state index in [0.29, 0.717) is 5.82 Å². The Morgan fingerprint density at radius 1 is 1.10 bits per heavy atom. The maximum absolute atomic E-state index is 4.63. The van der Waals surface area contributed by atoms with Gasteiger partial charge in [-0.25, -0.2) is 9.97 Å². The third kappa shape index (κ3) is 2.98. The van der Waals surface area contributed by atoms with Crippen LogP contribution in [0.25, 0.3) is 27.8 Å². The smallest absolute Gasteiger partial charge is 0.180 e. The number of benzene rings is 1. The lowest BCUT2D eigenvalue weighted by Gasteiger charge is -2.11. The summed E-state index contributed by atoms with van der Waals surface area (Å²) in [6, 6.07) is 9.99. The van der Waals surface area contributed by atoms with Crippen molar-refractivity contribution in [3.8, 4) is 11.3 Å². The van der Waals surface area contributed by atoms with Crippen molar-refractivity contribution in [1.29, 1.82) is 0 Å². The van der Waals surface area contributed by atoms with Crippen LogP contribution in [0.3, 0.4) is 0 Å². The number of hydrazone groups is 1. The zero-order valence-corrected chi connectivity index (χ0v) is 16.8. The van der Waals surface area contributed by atoms with Crippen LogP contribution < -0.4 is 5.32 Å². The number of rotatable bonds is 4. The molecule has 6 rings (SSSR count). The molecule has 9 heteroatoms. The van der Waals surface area contributed by atoms with Gasteiger partial charge in [-0.1, -0.05) is 0 Å². The molecule has 1 unspecified atom stereocenters. The van der Waals surface area contributed by atoms with Gasteiger partial charge in [0.1, 0.15) is 5.69 Å². The average molecular weight is 409 g/mol. The van der Waals surface area contributed by atoms with Gasteiger partial charge in [-0.2, -0.15) is 10.2 Å². The Morgan fingerprint density at radius 2 is 2.00 bits per heavy atom. The van der Waals surface area contributed by atoms with Crippen LogP contribution in [-0.2, 0) is 0 Å². The van der Waals surface area contributed by atoms with Crippen molar-refractivity contribution in [2.24, 2.45) is 5.10 Å². The molecule has 0 radical (unpaired) electrons. The number of anilines is 2. The minimum Gasteiger partial charge on any atom is -0.337 e. The van der Waals surface area contributed by atoms with E-state index in [0.717, 1.165) is 45.7 Å². The fraction of sp³-hybridized carbons (Fsp3) is 0.136. The molecule has 1 aliphatic heterocycles. The highest BCUT2D eigenvalue weighted by atomic mass is 15.4. The Morgan fingerprint density at radius 3 is 2.84 bits per heavy atom. The van der Waals surface area contributed by atoms with Gasteiger partial charge < -0.3 is 5.32 Å². The van der Waals surface area contributed by atoms with Crippen LogP contribution in [-0.4, -0.2) is 54.4 Å². The van der Waals surface area contributed by atoms with Gasteiger partial charge in [0.2, 0.25) is 0 Å². The van der Waals surface area contributed by atoms with Crippen molar-refractivity contribution in [2.75, 3.05) is 18.9 Å². The number of imidazole rings is 1. The summed E-state index contributed by atoms with van der Waals surface area (Å²) in [6.45, 7) is 0.841. The molecule has 5 aromatic rings. The van der Waals surface area contributed by atoms with Gasteiger partial charge in [0, 0.05) is 61.2 Å². The van der Waals surface area contributed by atoms with E-state index in [2.05, 4.69) is 46.0 Å². The Labute approximate surface area is 177 Å². The van der Waals surface area contributed by atoms with E-state index in [-0.39, 0.29) is 5.92 Å². The third-order valence-electron chi connectivity index (χ3n) is 5.52. The van der Waals surface area contributed by atoms with E-state index in [4.69, 9.17) is 0 Å². The van der Waals surface area contributed by atoms with Crippen molar-refractivity contribution in [3.05, 3.63) is 67.0 Å². The highest BCUT2D eigenvalue weighted by Gasteiger charge is 2.21. The van der Waals surface area contributed by atoms with Gasteiger partial charge in [-0.05, 0) is 30.3 Å². The molecule has 0 saturated carbocycles. The van der Waals surface area contributed by atoms with Crippen LogP contribution in [0.4, 0.5) is 11.5 Å². The van der Waals surface area contributed by atoms with E-state index in [1.807, 2.05) is 54.9 Å². The lowest BCUT2D eigenvalue weighted by molar-refractivity contribution is 0.380. The number of hydrogen-bond donors (Lipinski definition) is 2. The molecule has 9 nitrogen and oxygen atoms in total. The lowest BCUT2D eigenvalue weighted by atomic mass is 10.1. The first-order valence-electron chi connectivity index (χ1n) is 9.99. The standard InChI is InChI=1S/C22H19N9/c1-30-13-15(11-26-30)19-12-25-22-21(24-8-9-31(19)22)27-16-2-3-18-17(10-16)20(29-28-18)14-4-6-23-7-5-14/h2-12,15H,13H2,1H3,(H,24,27)(H,28,29). The quantitative estimate of drug-likeness (QED) is 0.472. The normalized spacial score (nSPS) is 15.9. The molecule has 1 aliphatic rings. The van der Waals surface area contributed by atoms with E-state index in [1.54, 1.807) is 18.6 Å². The van der Waals surface area contributed by atoms with Crippen molar-refractivity contribution >= 4 is 34.3 Å². The monoisotopic (exact) mass is 409 g/mol. The molecule has 31 heavy (non-hydrogen) atoms. The van der Waals surface area contributed by atoms with E-state index in [1.165, 1.54) is 0 Å². The number of hydrogen-bond acceptors (Lipinski definition) is 7. The SMILES string of the molecule is CN1CC(c2cnc3c(Nc4ccc5[nH]nc(-c6ccncc6)c5c4)nccn23)C=N1. The number of aromatic nitrogens is 6. The summed E-state index contributed by atoms with van der Waals surface area (Å²) in [5.41, 5.74) is 5.66. The van der Waals surface area contributed by atoms with Crippen LogP contribution in [0.15, 0.2) is 66.4 Å². The second-order valence-electron chi connectivity index (χ2n) is 7.56. The molecule has 152 valence electrons. The Hall–Kier alpha value is -4.27. The molecule has 0 bridgehead atoms. The summed E-state index contributed by atoms with van der Waals surface area (Å²) in [5.74, 6) is 0.908. The summed E-state index contributed by atoms with van der Waals surface area (Å²) in [4.78, 5) is 13.3. The van der Waals surface area contributed by atoms with E-state index in [9.17, 15) is 0 Å². The minimum atomic E-state index is 0.209. The number of pyridine rings is 1. The van der Waals surface area contributed by atoms with Crippen LogP contribution in [0.2, 0.25) is 0 Å². The van der Waals surface area contributed by atoms with Crippen molar-refractivity contribution in [2.45, 2.75) is 5.92 Å². The average Bonchev–Trinajstić information content (AvgIpc) is 3.52. The zero-order valence-electron chi connectivity index (χ0n) is 16.8. The number of aromatic amines is 1. The summed E-state index contributed by atoms with van der Waals surface area (Å²) in [5, 5.41) is 18.3. The van der Waals surface area contributed by atoms with E-state index < -0.39 is 0 Å². The summed E-state index contributed by atoms with van der Waals surface area (Å²) in [6.07, 6.45) is 11.1. The molecule has 0 spiro atoms. The second-order valence-corrected chi connectivity index (χ2v) is 7.56. The molecule has 0 fully saturated rings. The zero-order chi connectivity index (χ0) is 20.8. The summed E-state index contributed by atoms with van der Waals surface area (Å²) >= 11 is 0. The fourth-order valence-corrected chi connectivity index (χ4v) is 4.00. The van der Waals surface area contributed by atoms with Crippen LogP contribution in [0.5, 0.6) is 0 Å². The first-order chi connectivity index (χ1) is 15.3. The second kappa shape index (κ2) is 6.91. The minimum absolute atomic E-state index is 0.209. The van der Waals surface area contributed by atoms with Crippen LogP contribution in [0.1, 0.15) is 11.6 Å². The molecule has 2 N–H and O–H groups in total. The molecule has 4 aromatic heterocycles. The number of likely N-dealkylation sites (N-methyl/N-ethyl adjacent to an activating group) is 1. The van der Waals surface area contributed by atoms with Gasteiger partial charge >= 0.3 is 0 Å². The predicted molar refractivity (Wildman–Crippen MR) is 119 cm³/mol. The van der Waals surface area contributed by atoms with Crippen LogP contribution >= 0.6 is 0 Å². The summed E-state index contributed by atoms with van der Waals surface area (Å²) < 4.78 is 2.07. The molecule has 1 atom stereocenters. The highest BCUT2D eigenvalue weighted by Crippen LogP contribution is 2.30. The highest BCUT2D eigenvalue weighted by molar-refractivity contribution is 5.95. The number of H-pyrrole nitrogens is 1. The molecule has 0 amide bonds. The van der Waals surface area contributed by atoms with Gasteiger partial charge in [-0.15, -0.1) is 0 Å². The number of nitrogens with zero attached hydrogens (tertiary/aromatic N) is 7. The third-order valence-corrected chi connectivity index (χ3v) is 5.52. The maximum Gasteiger partial charge on any atom is 0.180 e. The first-order valence-corrected chi connectivity index (χ1v) is 9.99. The van der Waals surface area contributed by atoms with Crippen molar-refractivity contribution < 1.29 is 0 Å². The Balaban J connectivity index is 1.37. The molecule has 5 heterocycles. The number of fused-ring (bicyclic) bond motifs is 2. The Bertz CT molecular complexity index is 1420. The van der Waals surface area contributed by atoms with Gasteiger partial charge in [0.15, 0.2) is 11.5 Å². The molecular formula is C22H19N9. The fourth-order valence-electron chi connectivity index (χ4n) is 4.00. The van der Waals surface area contributed by atoms with Gasteiger partial charge in [0.25, 0.3) is 0 Å². The molecule has 0 aliphatic carbocycles. The van der Waals surface area contributed by atoms with E-state index >= 15 is 0 Å². The van der Waals surface area contributed by atoms with Crippen molar-refractivity contribution in [3.63, 3.8) is 0 Å². The molecule has 0 saturated heterocycles. The summed E-state index contributed by atoms with van der Waals surface area (Å²) in [7, 11) is 1.97. The van der Waals surface area contributed by atoms with Crippen LogP contribution in [0, 0.1) is 0 Å². The van der Waals surface area contributed by atoms with Gasteiger partial charge in [-0.3, -0.25) is 19.5 Å². The largest absolute Gasteiger partial charge is 0.337 e. The first kappa shape index (κ1) is 17.6. The van der Waals surface area contributed by atoms with Gasteiger partial charge in [0.05, 0.1) is 23.3 Å². The molecule has 1 aromatic carbocycles. The maximum atomic E-state index is 4.63. The van der Waals surface area contributed by atoms with Crippen molar-refractivity contribution in [1.82, 2.24) is 34.6 Å². The molecular weight excluding hydrogens is 390 g/mol. The Kier molecular flexibility index (Phi) is 3.92. The topological polar surface area (TPSA) is 99.4 Å². The predicted octanol–water partition coefficient (Wildman–Crippen LogP) is 3.43. The lowest BCUT2D eigenvalue weighted by Crippen LogP contribution is -2.13. The number of nitrogens with one attached hydrogen (secondary N) is 2.